The molecule has 0 spiro atoms. The van der Waals surface area contributed by atoms with Crippen molar-refractivity contribution in [2.24, 2.45) is 0 Å². The monoisotopic (exact) mass is 387 g/mol. The summed E-state index contributed by atoms with van der Waals surface area (Å²) in [6, 6.07) is 5.74. The molecule has 24 heavy (non-hydrogen) atoms. The highest BCUT2D eigenvalue weighted by molar-refractivity contribution is 6.36. The first-order valence-electron chi connectivity index (χ1n) is 6.62. The fraction of sp³-hybridized carbons (Fsp3) is 0.133. The number of aromatic nitrogens is 1. The van der Waals surface area contributed by atoms with Gasteiger partial charge in [0.25, 0.3) is 5.91 Å². The van der Waals surface area contributed by atoms with Crippen LogP contribution in [0.15, 0.2) is 24.3 Å². The Morgan fingerprint density at radius 1 is 1.17 bits per heavy atom. The van der Waals surface area contributed by atoms with Gasteiger partial charge in [-0.1, -0.05) is 34.8 Å². The van der Waals surface area contributed by atoms with E-state index in [1.165, 1.54) is 24.3 Å². The standard InChI is InChI=1S/C15H12Cl3N3O3/c1-7-10(17)5-11(18)14(20-7)21-13(22)6-24-15(23)8-2-3-9(16)12(19)4-8/h2-5H,6,19H2,1H3,(H,20,21,22). The summed E-state index contributed by atoms with van der Waals surface area (Å²) < 4.78 is 4.90. The fourth-order valence-electron chi connectivity index (χ4n) is 1.70. The van der Waals surface area contributed by atoms with E-state index < -0.39 is 18.5 Å². The van der Waals surface area contributed by atoms with Crippen LogP contribution in [0, 0.1) is 6.92 Å². The van der Waals surface area contributed by atoms with E-state index in [1.54, 1.807) is 6.92 Å². The van der Waals surface area contributed by atoms with Crippen molar-refractivity contribution in [3.05, 3.63) is 50.6 Å². The number of carbonyl (C=O) groups is 2. The summed E-state index contributed by atoms with van der Waals surface area (Å²) in [6.07, 6.45) is 0. The molecule has 0 fully saturated rings. The van der Waals surface area contributed by atoms with E-state index in [0.717, 1.165) is 0 Å². The van der Waals surface area contributed by atoms with Crippen molar-refractivity contribution in [3.8, 4) is 0 Å². The normalized spacial score (nSPS) is 10.3. The average molecular weight is 389 g/mol. The molecule has 0 bridgehead atoms. The van der Waals surface area contributed by atoms with E-state index >= 15 is 0 Å². The number of anilines is 2. The second-order valence-corrected chi connectivity index (χ2v) is 5.97. The van der Waals surface area contributed by atoms with Crippen LogP contribution in [0.3, 0.4) is 0 Å². The number of nitrogens with one attached hydrogen (secondary N) is 1. The first-order chi connectivity index (χ1) is 11.3. The van der Waals surface area contributed by atoms with Gasteiger partial charge in [-0.15, -0.1) is 0 Å². The molecule has 0 aliphatic heterocycles. The van der Waals surface area contributed by atoms with Gasteiger partial charge in [-0.3, -0.25) is 4.79 Å². The van der Waals surface area contributed by atoms with Crippen LogP contribution < -0.4 is 11.1 Å². The van der Waals surface area contributed by atoms with Crippen molar-refractivity contribution in [1.29, 1.82) is 0 Å². The number of esters is 1. The Kier molecular flexibility index (Phi) is 5.88. The molecular formula is C15H12Cl3N3O3. The first kappa shape index (κ1) is 18.3. The molecule has 0 aliphatic rings. The highest BCUT2D eigenvalue weighted by Gasteiger charge is 2.14. The molecule has 1 heterocycles. The number of halogens is 3. The van der Waals surface area contributed by atoms with Crippen molar-refractivity contribution in [2.75, 3.05) is 17.7 Å². The SMILES string of the molecule is Cc1nc(NC(=O)COC(=O)c2ccc(Cl)c(N)c2)c(Cl)cc1Cl. The molecule has 1 amide bonds. The van der Waals surface area contributed by atoms with Crippen molar-refractivity contribution < 1.29 is 14.3 Å². The van der Waals surface area contributed by atoms with Gasteiger partial charge in [0.15, 0.2) is 12.4 Å². The van der Waals surface area contributed by atoms with Crippen molar-refractivity contribution in [2.45, 2.75) is 6.92 Å². The van der Waals surface area contributed by atoms with Crippen LogP contribution in [-0.2, 0) is 9.53 Å². The maximum atomic E-state index is 11.9. The van der Waals surface area contributed by atoms with Crippen LogP contribution >= 0.6 is 34.8 Å². The minimum absolute atomic E-state index is 0.135. The number of aryl methyl sites for hydroxylation is 1. The molecule has 0 saturated carbocycles. The number of rotatable bonds is 4. The molecule has 1 aromatic carbocycles. The predicted molar refractivity (Wildman–Crippen MR) is 93.8 cm³/mol. The molecule has 0 radical (unpaired) electrons. The van der Waals surface area contributed by atoms with Crippen molar-refractivity contribution in [3.63, 3.8) is 0 Å². The van der Waals surface area contributed by atoms with Gasteiger partial charge in [0, 0.05) is 0 Å². The summed E-state index contributed by atoms with van der Waals surface area (Å²) in [7, 11) is 0. The highest BCUT2D eigenvalue weighted by atomic mass is 35.5. The van der Waals surface area contributed by atoms with Gasteiger partial charge in [0.2, 0.25) is 0 Å². The number of carbonyl (C=O) groups excluding carboxylic acids is 2. The number of ether oxygens (including phenoxy) is 1. The highest BCUT2D eigenvalue weighted by Crippen LogP contribution is 2.25. The molecule has 0 saturated heterocycles. The predicted octanol–water partition coefficient (Wildman–Crippen LogP) is 3.73. The maximum Gasteiger partial charge on any atom is 0.338 e. The Morgan fingerprint density at radius 2 is 1.88 bits per heavy atom. The first-order valence-corrected chi connectivity index (χ1v) is 7.76. The number of nitrogens with two attached hydrogens (primary N) is 1. The van der Waals surface area contributed by atoms with E-state index in [0.29, 0.717) is 15.7 Å². The zero-order valence-corrected chi connectivity index (χ0v) is 14.7. The number of amides is 1. The smallest absolute Gasteiger partial charge is 0.338 e. The Bertz CT molecular complexity index is 812. The van der Waals surface area contributed by atoms with E-state index in [4.69, 9.17) is 45.3 Å². The van der Waals surface area contributed by atoms with E-state index in [9.17, 15) is 9.59 Å². The zero-order chi connectivity index (χ0) is 17.9. The minimum atomic E-state index is -0.708. The lowest BCUT2D eigenvalue weighted by molar-refractivity contribution is -0.119. The van der Waals surface area contributed by atoms with Crippen LogP contribution in [0.1, 0.15) is 16.1 Å². The number of hydrogen-bond donors (Lipinski definition) is 2. The van der Waals surface area contributed by atoms with Gasteiger partial charge >= 0.3 is 5.97 Å². The summed E-state index contributed by atoms with van der Waals surface area (Å²) in [5.74, 6) is -1.17. The lowest BCUT2D eigenvalue weighted by Crippen LogP contribution is -2.21. The fourth-order valence-corrected chi connectivity index (χ4v) is 2.22. The molecule has 6 nitrogen and oxygen atoms in total. The molecule has 0 unspecified atom stereocenters. The third-order valence-electron chi connectivity index (χ3n) is 2.93. The van der Waals surface area contributed by atoms with Crippen LogP contribution in [0.25, 0.3) is 0 Å². The molecular weight excluding hydrogens is 377 g/mol. The minimum Gasteiger partial charge on any atom is -0.452 e. The van der Waals surface area contributed by atoms with Crippen LogP contribution in [0.4, 0.5) is 11.5 Å². The lowest BCUT2D eigenvalue weighted by Gasteiger charge is -2.09. The number of pyridine rings is 1. The molecule has 9 heteroatoms. The molecule has 0 atom stereocenters. The summed E-state index contributed by atoms with van der Waals surface area (Å²) in [4.78, 5) is 27.8. The second kappa shape index (κ2) is 7.70. The summed E-state index contributed by atoms with van der Waals surface area (Å²) in [5.41, 5.74) is 6.53. The Balaban J connectivity index is 1.97. The van der Waals surface area contributed by atoms with Crippen molar-refractivity contribution >= 4 is 58.2 Å². The number of nitrogen functional groups attached to an aromatic ring is 1. The van der Waals surface area contributed by atoms with E-state index in [-0.39, 0.29) is 22.1 Å². The number of benzene rings is 1. The van der Waals surface area contributed by atoms with E-state index in [1.807, 2.05) is 0 Å². The molecule has 2 aromatic rings. The molecule has 2 rings (SSSR count). The van der Waals surface area contributed by atoms with E-state index in [2.05, 4.69) is 10.3 Å². The molecule has 0 aliphatic carbocycles. The largest absolute Gasteiger partial charge is 0.452 e. The van der Waals surface area contributed by atoms with Gasteiger partial charge < -0.3 is 15.8 Å². The maximum absolute atomic E-state index is 11.9. The Morgan fingerprint density at radius 3 is 2.54 bits per heavy atom. The van der Waals surface area contributed by atoms with Gasteiger partial charge in [-0.25, -0.2) is 9.78 Å². The quantitative estimate of drug-likeness (QED) is 0.615. The summed E-state index contributed by atoms with van der Waals surface area (Å²) >= 11 is 17.6. The summed E-state index contributed by atoms with van der Waals surface area (Å²) in [6.45, 7) is 1.15. The molecule has 3 N–H and O–H groups in total. The van der Waals surface area contributed by atoms with Gasteiger partial charge in [0.1, 0.15) is 0 Å². The second-order valence-electron chi connectivity index (χ2n) is 4.75. The Hall–Kier alpha value is -2.02. The molecule has 126 valence electrons. The third kappa shape index (κ3) is 4.50. The topological polar surface area (TPSA) is 94.3 Å². The zero-order valence-electron chi connectivity index (χ0n) is 12.4. The van der Waals surface area contributed by atoms with Crippen molar-refractivity contribution in [1.82, 2.24) is 4.98 Å². The average Bonchev–Trinajstić information content (AvgIpc) is 2.53. The molecule has 1 aromatic heterocycles. The van der Waals surface area contributed by atoms with Gasteiger partial charge in [-0.2, -0.15) is 0 Å². The number of hydrogen-bond acceptors (Lipinski definition) is 5. The Labute approximate surface area is 152 Å². The van der Waals surface area contributed by atoms with Crippen LogP contribution in [-0.4, -0.2) is 23.5 Å². The van der Waals surface area contributed by atoms with Crippen LogP contribution in [0.2, 0.25) is 15.1 Å². The van der Waals surface area contributed by atoms with Gasteiger partial charge in [0.05, 0.1) is 32.0 Å². The third-order valence-corrected chi connectivity index (χ3v) is 3.94. The summed E-state index contributed by atoms with van der Waals surface area (Å²) in [5, 5.41) is 3.32. The number of nitrogens with zero attached hydrogens (tertiary/aromatic N) is 1. The van der Waals surface area contributed by atoms with Gasteiger partial charge in [-0.05, 0) is 31.2 Å². The van der Waals surface area contributed by atoms with Crippen LogP contribution in [0.5, 0.6) is 0 Å². The lowest BCUT2D eigenvalue weighted by atomic mass is 10.2.